The lowest BCUT2D eigenvalue weighted by molar-refractivity contribution is 0.0975. The fourth-order valence-electron chi connectivity index (χ4n) is 4.19. The summed E-state index contributed by atoms with van der Waals surface area (Å²) >= 11 is 0. The van der Waals surface area contributed by atoms with Crippen LogP contribution in [0.1, 0.15) is 52.9 Å². The number of nitrogens with two attached hydrogens (primary N) is 1. The van der Waals surface area contributed by atoms with Gasteiger partial charge in [-0.15, -0.1) is 0 Å². The quantitative estimate of drug-likeness (QED) is 0.840. The first kappa shape index (κ1) is 16.3. The van der Waals surface area contributed by atoms with Crippen LogP contribution >= 0.6 is 0 Å². The number of hydrogen-bond acceptors (Lipinski definition) is 3. The molecule has 0 saturated carbocycles. The van der Waals surface area contributed by atoms with Crippen molar-refractivity contribution in [1.29, 1.82) is 0 Å². The third-order valence-electron chi connectivity index (χ3n) is 5.77. The van der Waals surface area contributed by atoms with Crippen LogP contribution in [0.5, 0.6) is 0 Å². The van der Waals surface area contributed by atoms with Crippen molar-refractivity contribution in [3.8, 4) is 0 Å². The Hall–Kier alpha value is -0.120. The first-order valence-electron chi connectivity index (χ1n) is 8.79. The summed E-state index contributed by atoms with van der Waals surface area (Å²) in [6, 6.07) is 0. The van der Waals surface area contributed by atoms with Gasteiger partial charge in [0.15, 0.2) is 0 Å². The summed E-state index contributed by atoms with van der Waals surface area (Å²) in [6.45, 7) is 14.2. The molecule has 2 aliphatic rings. The predicted molar refractivity (Wildman–Crippen MR) is 86.9 cm³/mol. The molecule has 2 heterocycles. The molecule has 2 fully saturated rings. The molecule has 118 valence electrons. The van der Waals surface area contributed by atoms with E-state index in [0.717, 1.165) is 18.4 Å². The molecule has 0 aliphatic carbocycles. The second kappa shape index (κ2) is 7.24. The zero-order valence-electron chi connectivity index (χ0n) is 13.9. The zero-order valence-corrected chi connectivity index (χ0v) is 13.9. The Morgan fingerprint density at radius 1 is 1.20 bits per heavy atom. The Balaban J connectivity index is 1.99. The van der Waals surface area contributed by atoms with Crippen LogP contribution in [-0.4, -0.2) is 54.6 Å². The Morgan fingerprint density at radius 2 is 2.00 bits per heavy atom. The molecule has 3 heteroatoms. The van der Waals surface area contributed by atoms with E-state index in [0.29, 0.717) is 5.54 Å². The molecule has 0 bridgehead atoms. The Bertz CT molecular complexity index is 292. The SMILES string of the molecule is CCCN1CCCC(CN)(N2CCC(C(C)C)C2)CC1. The number of rotatable bonds is 5. The molecule has 0 spiro atoms. The van der Waals surface area contributed by atoms with E-state index in [1.165, 1.54) is 64.8 Å². The van der Waals surface area contributed by atoms with Gasteiger partial charge in [-0.25, -0.2) is 0 Å². The van der Waals surface area contributed by atoms with E-state index in [-0.39, 0.29) is 0 Å². The molecular weight excluding hydrogens is 246 g/mol. The highest BCUT2D eigenvalue weighted by atomic mass is 15.2. The van der Waals surface area contributed by atoms with E-state index in [2.05, 4.69) is 30.6 Å². The van der Waals surface area contributed by atoms with E-state index >= 15 is 0 Å². The summed E-state index contributed by atoms with van der Waals surface area (Å²) < 4.78 is 0. The minimum absolute atomic E-state index is 0.298. The van der Waals surface area contributed by atoms with Crippen molar-refractivity contribution >= 4 is 0 Å². The van der Waals surface area contributed by atoms with Gasteiger partial charge in [-0.1, -0.05) is 20.8 Å². The van der Waals surface area contributed by atoms with Gasteiger partial charge in [-0.3, -0.25) is 4.90 Å². The van der Waals surface area contributed by atoms with Crippen LogP contribution in [0.25, 0.3) is 0 Å². The van der Waals surface area contributed by atoms with Gasteiger partial charge >= 0.3 is 0 Å². The van der Waals surface area contributed by atoms with Crippen molar-refractivity contribution in [2.24, 2.45) is 17.6 Å². The van der Waals surface area contributed by atoms with E-state index in [9.17, 15) is 0 Å². The monoisotopic (exact) mass is 281 g/mol. The average molecular weight is 281 g/mol. The number of hydrogen-bond donors (Lipinski definition) is 1. The molecule has 2 saturated heterocycles. The lowest BCUT2D eigenvalue weighted by Crippen LogP contribution is -2.53. The fraction of sp³-hybridized carbons (Fsp3) is 1.00. The molecule has 2 rings (SSSR count). The molecule has 20 heavy (non-hydrogen) atoms. The number of likely N-dealkylation sites (tertiary alicyclic amines) is 2. The third-order valence-corrected chi connectivity index (χ3v) is 5.77. The van der Waals surface area contributed by atoms with Crippen LogP contribution in [0.3, 0.4) is 0 Å². The highest BCUT2D eigenvalue weighted by molar-refractivity contribution is 4.98. The van der Waals surface area contributed by atoms with Crippen molar-refractivity contribution in [2.75, 3.05) is 39.3 Å². The van der Waals surface area contributed by atoms with Crippen molar-refractivity contribution in [2.45, 2.75) is 58.4 Å². The van der Waals surface area contributed by atoms with Gasteiger partial charge in [0, 0.05) is 18.6 Å². The van der Waals surface area contributed by atoms with Crippen LogP contribution in [0.4, 0.5) is 0 Å². The summed E-state index contributed by atoms with van der Waals surface area (Å²) in [7, 11) is 0. The van der Waals surface area contributed by atoms with Crippen LogP contribution in [0.2, 0.25) is 0 Å². The lowest BCUT2D eigenvalue weighted by atomic mass is 9.88. The maximum Gasteiger partial charge on any atom is 0.0344 e. The van der Waals surface area contributed by atoms with Gasteiger partial charge in [-0.2, -0.15) is 0 Å². The second-order valence-corrected chi connectivity index (χ2v) is 7.36. The van der Waals surface area contributed by atoms with Gasteiger partial charge in [-0.05, 0) is 70.1 Å². The Labute approximate surface area is 125 Å². The summed E-state index contributed by atoms with van der Waals surface area (Å²) in [5, 5.41) is 0. The standard InChI is InChI=1S/C17H35N3/c1-4-9-19-10-5-7-17(14-18,8-12-19)20-11-6-16(13-20)15(2)3/h15-16H,4-14,18H2,1-3H3. The first-order valence-corrected chi connectivity index (χ1v) is 8.79. The van der Waals surface area contributed by atoms with Crippen molar-refractivity contribution in [1.82, 2.24) is 9.80 Å². The van der Waals surface area contributed by atoms with Crippen LogP contribution in [0.15, 0.2) is 0 Å². The molecule has 0 aromatic rings. The van der Waals surface area contributed by atoms with Crippen molar-refractivity contribution in [3.63, 3.8) is 0 Å². The minimum Gasteiger partial charge on any atom is -0.329 e. The molecule has 0 radical (unpaired) electrons. The fourth-order valence-corrected chi connectivity index (χ4v) is 4.19. The van der Waals surface area contributed by atoms with Gasteiger partial charge in [0.25, 0.3) is 0 Å². The largest absolute Gasteiger partial charge is 0.329 e. The summed E-state index contributed by atoms with van der Waals surface area (Å²) in [5.41, 5.74) is 6.57. The first-order chi connectivity index (χ1) is 9.61. The second-order valence-electron chi connectivity index (χ2n) is 7.36. The third kappa shape index (κ3) is 3.55. The number of nitrogens with zero attached hydrogens (tertiary/aromatic N) is 2. The van der Waals surface area contributed by atoms with E-state index < -0.39 is 0 Å². The van der Waals surface area contributed by atoms with Crippen LogP contribution in [0, 0.1) is 11.8 Å². The summed E-state index contributed by atoms with van der Waals surface area (Å²) in [5.74, 6) is 1.70. The lowest BCUT2D eigenvalue weighted by Gasteiger charge is -2.41. The Morgan fingerprint density at radius 3 is 2.60 bits per heavy atom. The van der Waals surface area contributed by atoms with E-state index in [1.54, 1.807) is 0 Å². The van der Waals surface area contributed by atoms with Gasteiger partial charge in [0.1, 0.15) is 0 Å². The molecule has 0 aromatic carbocycles. The Kier molecular flexibility index (Phi) is 5.88. The molecule has 2 atom stereocenters. The maximum absolute atomic E-state index is 6.27. The van der Waals surface area contributed by atoms with Gasteiger partial charge in [0.05, 0.1) is 0 Å². The topological polar surface area (TPSA) is 32.5 Å². The molecular formula is C17H35N3. The maximum atomic E-state index is 6.27. The molecule has 3 nitrogen and oxygen atoms in total. The smallest absolute Gasteiger partial charge is 0.0344 e. The van der Waals surface area contributed by atoms with Gasteiger partial charge in [0.2, 0.25) is 0 Å². The van der Waals surface area contributed by atoms with Crippen molar-refractivity contribution in [3.05, 3.63) is 0 Å². The molecule has 2 aliphatic heterocycles. The van der Waals surface area contributed by atoms with Crippen LogP contribution in [-0.2, 0) is 0 Å². The average Bonchev–Trinajstić information content (AvgIpc) is 2.84. The normalized spacial score (nSPS) is 33.8. The molecule has 0 amide bonds. The van der Waals surface area contributed by atoms with E-state index in [1.807, 2.05) is 0 Å². The van der Waals surface area contributed by atoms with Crippen LogP contribution < -0.4 is 5.73 Å². The highest BCUT2D eigenvalue weighted by Crippen LogP contribution is 2.35. The van der Waals surface area contributed by atoms with Gasteiger partial charge < -0.3 is 10.6 Å². The predicted octanol–water partition coefficient (Wildman–Crippen LogP) is 2.56. The summed E-state index contributed by atoms with van der Waals surface area (Å²) in [4.78, 5) is 5.40. The minimum atomic E-state index is 0.298. The summed E-state index contributed by atoms with van der Waals surface area (Å²) in [6.07, 6.45) is 6.54. The highest BCUT2D eigenvalue weighted by Gasteiger charge is 2.40. The van der Waals surface area contributed by atoms with Crippen molar-refractivity contribution < 1.29 is 0 Å². The zero-order chi connectivity index (χ0) is 14.6. The molecule has 2 N–H and O–H groups in total. The molecule has 2 unspecified atom stereocenters. The van der Waals surface area contributed by atoms with E-state index in [4.69, 9.17) is 5.73 Å². The molecule has 0 aromatic heterocycles.